The lowest BCUT2D eigenvalue weighted by atomic mass is 9.97. The molecule has 2 aromatic rings. The number of hydrogen-bond acceptors (Lipinski definition) is 3. The Morgan fingerprint density at radius 1 is 1.19 bits per heavy atom. The summed E-state index contributed by atoms with van der Waals surface area (Å²) in [6.07, 6.45) is 0. The Bertz CT molecular complexity index is 676. The number of nitrogens with two attached hydrogens (primary N) is 1. The van der Waals surface area contributed by atoms with Gasteiger partial charge in [0, 0.05) is 5.56 Å². The SMILES string of the molecule is Cc1ccc(-c2ccc(C(C)N(O)C(N)=O)o2)c(C)c1C. The minimum atomic E-state index is -0.914. The standard InChI is InChI=1S/C16H20N2O3/c1-9-5-6-13(11(3)10(9)2)15-8-7-14(21-15)12(4)18(20)16(17)19/h5-8,12,20H,1-4H3,(H2,17,19). The maximum absolute atomic E-state index is 11.0. The van der Waals surface area contributed by atoms with E-state index < -0.39 is 12.1 Å². The second-order valence-corrected chi connectivity index (χ2v) is 5.24. The first kappa shape index (κ1) is 15.1. The number of carbonyl (C=O) groups excluding carboxylic acids is 1. The van der Waals surface area contributed by atoms with Crippen LogP contribution in [0.15, 0.2) is 28.7 Å². The van der Waals surface area contributed by atoms with Gasteiger partial charge in [0.15, 0.2) is 0 Å². The highest BCUT2D eigenvalue weighted by atomic mass is 16.5. The molecule has 3 N–H and O–H groups in total. The molecule has 0 aliphatic rings. The Hall–Kier alpha value is -2.27. The quantitative estimate of drug-likeness (QED) is 0.667. The molecular formula is C16H20N2O3. The van der Waals surface area contributed by atoms with E-state index >= 15 is 0 Å². The minimum absolute atomic E-state index is 0.454. The summed E-state index contributed by atoms with van der Waals surface area (Å²) >= 11 is 0. The second-order valence-electron chi connectivity index (χ2n) is 5.24. The van der Waals surface area contributed by atoms with Gasteiger partial charge in [-0.25, -0.2) is 4.79 Å². The number of hydrogen-bond donors (Lipinski definition) is 2. The first-order valence-electron chi connectivity index (χ1n) is 6.77. The largest absolute Gasteiger partial charge is 0.459 e. The van der Waals surface area contributed by atoms with Crippen LogP contribution >= 0.6 is 0 Å². The van der Waals surface area contributed by atoms with Crippen molar-refractivity contribution in [2.24, 2.45) is 5.73 Å². The lowest BCUT2D eigenvalue weighted by molar-refractivity contribution is -0.0760. The molecule has 1 atom stereocenters. The Morgan fingerprint density at radius 3 is 2.48 bits per heavy atom. The van der Waals surface area contributed by atoms with Gasteiger partial charge in [-0.2, -0.15) is 5.06 Å². The van der Waals surface area contributed by atoms with Crippen LogP contribution in [0.2, 0.25) is 0 Å². The first-order chi connectivity index (χ1) is 9.82. The number of hydroxylamine groups is 2. The molecular weight excluding hydrogens is 268 g/mol. The lowest BCUT2D eigenvalue weighted by Gasteiger charge is -2.18. The van der Waals surface area contributed by atoms with Gasteiger partial charge in [-0.3, -0.25) is 5.21 Å². The fourth-order valence-electron chi connectivity index (χ4n) is 2.26. The van der Waals surface area contributed by atoms with Crippen molar-refractivity contribution in [3.8, 4) is 11.3 Å². The summed E-state index contributed by atoms with van der Waals surface area (Å²) < 4.78 is 5.77. The molecule has 0 fully saturated rings. The maximum atomic E-state index is 11.0. The van der Waals surface area contributed by atoms with Gasteiger partial charge in [-0.1, -0.05) is 12.1 Å². The molecule has 1 unspecified atom stereocenters. The van der Waals surface area contributed by atoms with E-state index in [0.717, 1.165) is 11.1 Å². The molecule has 1 aromatic heterocycles. The number of furan rings is 1. The van der Waals surface area contributed by atoms with Crippen LogP contribution in [-0.4, -0.2) is 16.3 Å². The van der Waals surface area contributed by atoms with E-state index in [0.29, 0.717) is 16.6 Å². The lowest BCUT2D eigenvalue weighted by Crippen LogP contribution is -2.34. The van der Waals surface area contributed by atoms with E-state index in [4.69, 9.17) is 10.2 Å². The molecule has 0 saturated carbocycles. The van der Waals surface area contributed by atoms with Crippen LogP contribution in [0.25, 0.3) is 11.3 Å². The van der Waals surface area contributed by atoms with Crippen LogP contribution in [-0.2, 0) is 0 Å². The van der Waals surface area contributed by atoms with Crippen molar-refractivity contribution in [2.75, 3.05) is 0 Å². The van der Waals surface area contributed by atoms with Crippen molar-refractivity contribution in [2.45, 2.75) is 33.7 Å². The van der Waals surface area contributed by atoms with Gasteiger partial charge in [0.05, 0.1) is 0 Å². The van der Waals surface area contributed by atoms with E-state index in [1.54, 1.807) is 13.0 Å². The topological polar surface area (TPSA) is 79.7 Å². The zero-order chi connectivity index (χ0) is 15.7. The molecule has 2 amide bonds. The third-order valence-corrected chi connectivity index (χ3v) is 3.95. The summed E-state index contributed by atoms with van der Waals surface area (Å²) in [7, 11) is 0. The number of primary amides is 1. The molecule has 0 spiro atoms. The van der Waals surface area contributed by atoms with E-state index in [1.807, 2.05) is 25.1 Å². The highest BCUT2D eigenvalue weighted by Gasteiger charge is 2.21. The maximum Gasteiger partial charge on any atom is 0.339 e. The van der Waals surface area contributed by atoms with Crippen LogP contribution in [0.3, 0.4) is 0 Å². The third kappa shape index (κ3) is 2.78. The van der Waals surface area contributed by atoms with E-state index in [9.17, 15) is 10.0 Å². The van der Waals surface area contributed by atoms with Crippen LogP contribution in [0.4, 0.5) is 4.79 Å². The van der Waals surface area contributed by atoms with Crippen molar-refractivity contribution >= 4 is 6.03 Å². The van der Waals surface area contributed by atoms with Gasteiger partial charge in [-0.15, -0.1) is 0 Å². The summed E-state index contributed by atoms with van der Waals surface area (Å²) in [5.74, 6) is 1.18. The molecule has 1 aromatic carbocycles. The number of carbonyl (C=O) groups is 1. The van der Waals surface area contributed by atoms with Crippen molar-refractivity contribution in [1.82, 2.24) is 5.06 Å². The van der Waals surface area contributed by atoms with E-state index in [1.165, 1.54) is 11.1 Å². The molecule has 0 radical (unpaired) electrons. The average molecular weight is 288 g/mol. The summed E-state index contributed by atoms with van der Waals surface area (Å²) in [4.78, 5) is 11.0. The summed E-state index contributed by atoms with van der Waals surface area (Å²) in [6, 6.07) is 6.07. The summed E-state index contributed by atoms with van der Waals surface area (Å²) in [6.45, 7) is 7.83. The molecule has 2 rings (SSSR count). The van der Waals surface area contributed by atoms with E-state index in [2.05, 4.69) is 13.8 Å². The highest BCUT2D eigenvalue weighted by Crippen LogP contribution is 2.31. The van der Waals surface area contributed by atoms with Crippen molar-refractivity contribution < 1.29 is 14.4 Å². The number of urea groups is 1. The first-order valence-corrected chi connectivity index (χ1v) is 6.77. The smallest absolute Gasteiger partial charge is 0.339 e. The Labute approximate surface area is 123 Å². The third-order valence-electron chi connectivity index (χ3n) is 3.95. The number of rotatable bonds is 3. The van der Waals surface area contributed by atoms with Gasteiger partial charge >= 0.3 is 6.03 Å². The van der Waals surface area contributed by atoms with Gasteiger partial charge < -0.3 is 10.2 Å². The van der Waals surface area contributed by atoms with Gasteiger partial charge in [0.1, 0.15) is 17.6 Å². The number of aryl methyl sites for hydroxylation is 1. The van der Waals surface area contributed by atoms with Crippen LogP contribution in [0, 0.1) is 20.8 Å². The zero-order valence-electron chi connectivity index (χ0n) is 12.7. The zero-order valence-corrected chi connectivity index (χ0v) is 12.7. The van der Waals surface area contributed by atoms with Crippen LogP contribution in [0.1, 0.15) is 35.4 Å². The predicted octanol–water partition coefficient (Wildman–Crippen LogP) is 3.70. The fraction of sp³-hybridized carbons (Fsp3) is 0.312. The molecule has 112 valence electrons. The molecule has 0 aliphatic heterocycles. The molecule has 5 nitrogen and oxygen atoms in total. The number of nitrogens with zero attached hydrogens (tertiary/aromatic N) is 1. The van der Waals surface area contributed by atoms with Gasteiger partial charge in [0.2, 0.25) is 0 Å². The molecule has 0 aliphatic carbocycles. The number of amides is 2. The Kier molecular flexibility index (Phi) is 4.04. The molecule has 1 heterocycles. The second kappa shape index (κ2) is 5.61. The average Bonchev–Trinajstić information content (AvgIpc) is 2.92. The van der Waals surface area contributed by atoms with E-state index in [-0.39, 0.29) is 0 Å². The normalized spacial score (nSPS) is 12.2. The van der Waals surface area contributed by atoms with Crippen molar-refractivity contribution in [3.05, 3.63) is 46.7 Å². The Balaban J connectivity index is 2.37. The molecule has 0 saturated heterocycles. The van der Waals surface area contributed by atoms with Crippen molar-refractivity contribution in [1.29, 1.82) is 0 Å². The van der Waals surface area contributed by atoms with Crippen LogP contribution in [0.5, 0.6) is 0 Å². The summed E-state index contributed by atoms with van der Waals surface area (Å²) in [5.41, 5.74) is 9.65. The molecule has 5 heteroatoms. The Morgan fingerprint density at radius 2 is 1.86 bits per heavy atom. The van der Waals surface area contributed by atoms with Crippen molar-refractivity contribution in [3.63, 3.8) is 0 Å². The highest BCUT2D eigenvalue weighted by molar-refractivity contribution is 5.71. The fourth-order valence-corrected chi connectivity index (χ4v) is 2.26. The number of benzene rings is 1. The van der Waals surface area contributed by atoms with Crippen LogP contribution < -0.4 is 5.73 Å². The predicted molar refractivity (Wildman–Crippen MR) is 80.0 cm³/mol. The molecule has 0 bridgehead atoms. The minimum Gasteiger partial charge on any atom is -0.459 e. The monoisotopic (exact) mass is 288 g/mol. The summed E-state index contributed by atoms with van der Waals surface area (Å²) in [5, 5.41) is 10.0. The molecule has 21 heavy (non-hydrogen) atoms. The van der Waals surface area contributed by atoms with Gasteiger partial charge in [0.25, 0.3) is 0 Å². The van der Waals surface area contributed by atoms with Gasteiger partial charge in [-0.05, 0) is 56.5 Å².